The van der Waals surface area contributed by atoms with E-state index in [4.69, 9.17) is 18.6 Å². The minimum absolute atomic E-state index is 0.0140. The van der Waals surface area contributed by atoms with Crippen LogP contribution in [0.1, 0.15) is 43.8 Å². The SMILES string of the molecule is COc1ccc([C@H]2O[C@@H](Cn3c4nc(=O)[nH]c(=O)c-4nc4cc(C)c(C)cc43)[C@H](O)[C@@H](CO[Si](c3ccccc3)(c3ccccc3)C(C)(C)C)O2)cc1. The monoisotopic (exact) mass is 732 g/mol. The molecule has 0 amide bonds. The maximum absolute atomic E-state index is 13.0. The number of hydrogen-bond acceptors (Lipinski definition) is 9. The van der Waals surface area contributed by atoms with E-state index >= 15 is 0 Å². The molecule has 3 aliphatic heterocycles. The fourth-order valence-corrected chi connectivity index (χ4v) is 11.9. The Balaban J connectivity index is 1.33. The molecule has 3 heterocycles. The van der Waals surface area contributed by atoms with Gasteiger partial charge in [0.15, 0.2) is 17.8 Å². The van der Waals surface area contributed by atoms with Gasteiger partial charge in [0.25, 0.3) is 13.9 Å². The third-order valence-electron chi connectivity index (χ3n) is 10.2. The molecule has 12 heteroatoms. The van der Waals surface area contributed by atoms with Gasteiger partial charge in [0.2, 0.25) is 0 Å². The van der Waals surface area contributed by atoms with Gasteiger partial charge in [0.1, 0.15) is 24.1 Å². The molecular weight excluding hydrogens is 689 g/mol. The van der Waals surface area contributed by atoms with E-state index in [1.165, 1.54) is 0 Å². The van der Waals surface area contributed by atoms with Crippen molar-refractivity contribution in [1.29, 1.82) is 0 Å². The summed E-state index contributed by atoms with van der Waals surface area (Å²) in [6.07, 6.45) is -3.80. The van der Waals surface area contributed by atoms with Crippen molar-refractivity contribution in [1.82, 2.24) is 19.5 Å². The number of aryl methyl sites for hydroxylation is 2. The lowest BCUT2D eigenvalue weighted by molar-refractivity contribution is -0.295. The number of rotatable bonds is 9. The first-order valence-corrected chi connectivity index (χ1v) is 19.6. The third-order valence-corrected chi connectivity index (χ3v) is 15.2. The zero-order valence-corrected chi connectivity index (χ0v) is 31.7. The van der Waals surface area contributed by atoms with E-state index in [1.807, 2.05) is 86.6 Å². The van der Waals surface area contributed by atoms with Crippen LogP contribution >= 0.6 is 0 Å². The van der Waals surface area contributed by atoms with Crippen molar-refractivity contribution in [3.8, 4) is 17.3 Å². The van der Waals surface area contributed by atoms with Gasteiger partial charge in [-0.15, -0.1) is 0 Å². The van der Waals surface area contributed by atoms with E-state index in [2.05, 4.69) is 60.0 Å². The lowest BCUT2D eigenvalue weighted by Gasteiger charge is -2.45. The van der Waals surface area contributed by atoms with Crippen molar-refractivity contribution in [2.24, 2.45) is 0 Å². The van der Waals surface area contributed by atoms with Crippen LogP contribution in [0.5, 0.6) is 5.75 Å². The number of nitrogens with zero attached hydrogens (tertiary/aromatic N) is 3. The highest BCUT2D eigenvalue weighted by atomic mass is 28.4. The second-order valence-electron chi connectivity index (χ2n) is 14.6. The summed E-state index contributed by atoms with van der Waals surface area (Å²) in [4.78, 5) is 36.7. The number of H-pyrrole nitrogens is 1. The average molecular weight is 733 g/mol. The number of methoxy groups -OCH3 is 1. The van der Waals surface area contributed by atoms with Crippen LogP contribution in [0, 0.1) is 13.8 Å². The molecule has 4 aromatic rings. The van der Waals surface area contributed by atoms with Gasteiger partial charge in [-0.2, -0.15) is 4.98 Å². The maximum atomic E-state index is 13.0. The number of fused-ring (bicyclic) bond motifs is 2. The van der Waals surface area contributed by atoms with Gasteiger partial charge in [-0.05, 0) is 64.7 Å². The van der Waals surface area contributed by atoms with E-state index in [0.717, 1.165) is 27.1 Å². The number of benzene rings is 4. The number of ether oxygens (including phenoxy) is 3. The minimum Gasteiger partial charge on any atom is -0.497 e. The summed E-state index contributed by atoms with van der Waals surface area (Å²) >= 11 is 0. The van der Waals surface area contributed by atoms with Crippen molar-refractivity contribution in [3.63, 3.8) is 0 Å². The van der Waals surface area contributed by atoms with Crippen LogP contribution in [0.25, 0.3) is 22.6 Å². The molecule has 0 unspecified atom stereocenters. The Labute approximate surface area is 308 Å². The summed E-state index contributed by atoms with van der Waals surface area (Å²) < 4.78 is 27.6. The first kappa shape index (κ1) is 36.4. The van der Waals surface area contributed by atoms with Crippen LogP contribution in [-0.4, -0.2) is 65.0 Å². The van der Waals surface area contributed by atoms with E-state index in [1.54, 1.807) is 11.7 Å². The van der Waals surface area contributed by atoms with Gasteiger partial charge in [-0.1, -0.05) is 93.6 Å². The lowest BCUT2D eigenvalue weighted by atomic mass is 10.0. The summed E-state index contributed by atoms with van der Waals surface area (Å²) in [7, 11) is -1.41. The van der Waals surface area contributed by atoms with Crippen molar-refractivity contribution in [2.75, 3.05) is 13.7 Å². The fraction of sp³-hybridized carbons (Fsp3) is 0.317. The molecule has 4 atom stereocenters. The lowest BCUT2D eigenvalue weighted by Crippen LogP contribution is -2.67. The molecule has 0 aliphatic carbocycles. The number of aromatic amines is 1. The van der Waals surface area contributed by atoms with Gasteiger partial charge in [0.05, 0.1) is 31.3 Å². The number of aliphatic hydroxyl groups is 1. The van der Waals surface area contributed by atoms with Crippen molar-refractivity contribution in [3.05, 3.63) is 135 Å². The second kappa shape index (κ2) is 14.4. The van der Waals surface area contributed by atoms with Crippen LogP contribution < -0.4 is 26.4 Å². The number of hydrogen-bond donors (Lipinski definition) is 2. The highest BCUT2D eigenvalue weighted by Gasteiger charge is 2.51. The maximum Gasteiger partial charge on any atom is 0.349 e. The highest BCUT2D eigenvalue weighted by Crippen LogP contribution is 2.39. The van der Waals surface area contributed by atoms with Crippen LogP contribution in [0.15, 0.2) is 107 Å². The molecule has 0 spiro atoms. The predicted molar refractivity (Wildman–Crippen MR) is 206 cm³/mol. The Morgan fingerprint density at radius 2 is 1.45 bits per heavy atom. The molecule has 0 aromatic heterocycles. The molecule has 11 nitrogen and oxygen atoms in total. The minimum atomic E-state index is -3.01. The predicted octanol–water partition coefficient (Wildman–Crippen LogP) is 4.63. The molecular formula is C41H44N4O7Si. The molecule has 274 valence electrons. The molecule has 7 rings (SSSR count). The molecule has 2 N–H and O–H groups in total. The summed E-state index contributed by atoms with van der Waals surface area (Å²) in [5, 5.41) is 14.1. The van der Waals surface area contributed by atoms with Gasteiger partial charge < -0.3 is 28.3 Å². The summed E-state index contributed by atoms with van der Waals surface area (Å²) in [5.41, 5.74) is 2.46. The molecule has 53 heavy (non-hydrogen) atoms. The standard InChI is InChI=1S/C41H44N4O7Si/c1-25-21-31-32(22-26(25)2)45(37-35(42-31)38(47)44-40(48)43-37)23-33-36(46)34(52-39(51-33)27-17-19-28(49-6)20-18-27)24-50-53(41(3,4)5,29-13-9-7-10-14-29)30-15-11-8-12-16-30/h7-22,33-34,36,39,46H,23-24H2,1-6H3,(H,44,47,48)/t33-,34+,36-,39-/m0/s1. The number of aliphatic hydroxyl groups excluding tert-OH is 1. The molecule has 4 aromatic carbocycles. The second-order valence-corrected chi connectivity index (χ2v) is 18.9. The van der Waals surface area contributed by atoms with Gasteiger partial charge in [-0.3, -0.25) is 9.78 Å². The molecule has 1 fully saturated rings. The summed E-state index contributed by atoms with van der Waals surface area (Å²) in [5.74, 6) is 0.770. The fourth-order valence-electron chi connectivity index (χ4n) is 7.34. The van der Waals surface area contributed by atoms with Gasteiger partial charge in [-0.25, -0.2) is 9.78 Å². The van der Waals surface area contributed by atoms with E-state index in [0.29, 0.717) is 16.8 Å². The Bertz CT molecular complexity index is 2270. The Morgan fingerprint density at radius 1 is 0.849 bits per heavy atom. The Hall–Kier alpha value is -4.98. The average Bonchev–Trinajstić information content (AvgIpc) is 3.14. The molecule has 3 aliphatic rings. The topological polar surface area (TPSA) is 138 Å². The molecule has 0 radical (unpaired) electrons. The quantitative estimate of drug-likeness (QED) is 0.161. The first-order chi connectivity index (χ1) is 25.4. The van der Waals surface area contributed by atoms with E-state index in [-0.39, 0.29) is 29.7 Å². The van der Waals surface area contributed by atoms with Crippen LogP contribution in [0.2, 0.25) is 5.04 Å². The van der Waals surface area contributed by atoms with E-state index < -0.39 is 44.2 Å². The Morgan fingerprint density at radius 3 is 2.06 bits per heavy atom. The van der Waals surface area contributed by atoms with Gasteiger partial charge >= 0.3 is 5.69 Å². The van der Waals surface area contributed by atoms with Crippen LogP contribution in [0.4, 0.5) is 0 Å². The molecule has 0 bridgehead atoms. The third kappa shape index (κ3) is 6.84. The zero-order valence-electron chi connectivity index (χ0n) is 30.7. The largest absolute Gasteiger partial charge is 0.497 e. The smallest absolute Gasteiger partial charge is 0.349 e. The van der Waals surface area contributed by atoms with Crippen LogP contribution in [0.3, 0.4) is 0 Å². The molecule has 1 saturated heterocycles. The van der Waals surface area contributed by atoms with Crippen molar-refractivity contribution in [2.45, 2.75) is 70.8 Å². The normalized spacial score (nSPS) is 19.5. The molecule has 0 saturated carbocycles. The number of aromatic nitrogens is 4. The summed E-state index contributed by atoms with van der Waals surface area (Å²) in [6.45, 7) is 10.6. The van der Waals surface area contributed by atoms with Gasteiger partial charge in [0, 0.05) is 5.56 Å². The first-order valence-electron chi connectivity index (χ1n) is 17.7. The highest BCUT2D eigenvalue weighted by molar-refractivity contribution is 6.99. The van der Waals surface area contributed by atoms with Crippen molar-refractivity contribution < 1.29 is 23.7 Å². The van der Waals surface area contributed by atoms with E-state index in [9.17, 15) is 14.7 Å². The zero-order chi connectivity index (χ0) is 37.5. The number of nitrogens with one attached hydrogen (secondary N) is 1. The Kier molecular flexibility index (Phi) is 9.92. The van der Waals surface area contributed by atoms with Crippen molar-refractivity contribution >= 4 is 29.7 Å². The van der Waals surface area contributed by atoms with Crippen LogP contribution in [-0.2, 0) is 20.4 Å². The summed E-state index contributed by atoms with van der Waals surface area (Å²) in [6, 6.07) is 31.8.